The van der Waals surface area contributed by atoms with Crippen molar-refractivity contribution in [2.24, 2.45) is 16.5 Å². The van der Waals surface area contributed by atoms with Crippen molar-refractivity contribution in [3.8, 4) is 11.1 Å². The Balaban J connectivity index is 1.64. The maximum atomic E-state index is 15.0. The predicted octanol–water partition coefficient (Wildman–Crippen LogP) is 4.58. The van der Waals surface area contributed by atoms with E-state index in [-0.39, 0.29) is 12.4 Å². The Hall–Kier alpha value is -2.98. The number of hydrogen-bond acceptors (Lipinski definition) is 5. The molecular weight excluding hydrogens is 424 g/mol. The van der Waals surface area contributed by atoms with Gasteiger partial charge < -0.3 is 16.5 Å². The fourth-order valence-electron chi connectivity index (χ4n) is 4.68. The summed E-state index contributed by atoms with van der Waals surface area (Å²) in [6.07, 6.45) is 3.26. The largest absolute Gasteiger partial charge is 0.416 e. The summed E-state index contributed by atoms with van der Waals surface area (Å²) in [6.45, 7) is -0.0821. The summed E-state index contributed by atoms with van der Waals surface area (Å²) in [5.74, 6) is 0.0869. The summed E-state index contributed by atoms with van der Waals surface area (Å²) in [6, 6.07) is 3.10. The Morgan fingerprint density at radius 1 is 1.16 bits per heavy atom. The number of halogens is 4. The van der Waals surface area contributed by atoms with Gasteiger partial charge in [0.1, 0.15) is 0 Å². The van der Waals surface area contributed by atoms with Gasteiger partial charge >= 0.3 is 6.18 Å². The van der Waals surface area contributed by atoms with Gasteiger partial charge in [-0.15, -0.1) is 0 Å². The zero-order valence-corrected chi connectivity index (χ0v) is 17.1. The van der Waals surface area contributed by atoms with E-state index in [2.05, 4.69) is 15.0 Å². The first-order chi connectivity index (χ1) is 15.2. The van der Waals surface area contributed by atoms with E-state index in [1.54, 1.807) is 12.4 Å². The molecule has 1 saturated carbocycles. The molecule has 1 fully saturated rings. The standard InChI is InChI=1S/C22H22F4N6/c23-22(24,25)13-4-5-14-15(10-30-17(14)7-13)16-9-29-8-12-11-32(26)20(31-19(12)16)21(28)6-2-1-3-18(21)27/h4-5,7-10,18,30H,1-3,6,11,27-28H2. The van der Waals surface area contributed by atoms with E-state index in [0.717, 1.165) is 25.0 Å². The number of nitrogens with two attached hydrogens (primary N) is 2. The van der Waals surface area contributed by atoms with E-state index >= 15 is 4.48 Å². The lowest BCUT2D eigenvalue weighted by molar-refractivity contribution is -0.137. The zero-order valence-electron chi connectivity index (χ0n) is 17.1. The van der Waals surface area contributed by atoms with Crippen LogP contribution in [0.15, 0.2) is 41.8 Å². The van der Waals surface area contributed by atoms with Crippen LogP contribution in [0.1, 0.15) is 36.8 Å². The number of H-pyrrole nitrogens is 1. The lowest BCUT2D eigenvalue weighted by atomic mass is 9.77. The molecule has 2 atom stereocenters. The molecule has 0 bridgehead atoms. The fraction of sp³-hybridized carbons (Fsp3) is 0.364. The molecule has 5 rings (SSSR count). The monoisotopic (exact) mass is 446 g/mol. The van der Waals surface area contributed by atoms with Gasteiger partial charge in [-0.25, -0.2) is 4.99 Å². The number of aromatic amines is 1. The third kappa shape index (κ3) is 3.25. The molecule has 0 spiro atoms. The fourth-order valence-corrected chi connectivity index (χ4v) is 4.68. The molecular formula is C22H22F4N6. The number of nitrogens with one attached hydrogen (secondary N) is 1. The van der Waals surface area contributed by atoms with Crippen LogP contribution in [0.4, 0.5) is 23.3 Å². The molecule has 3 heterocycles. The molecule has 10 heteroatoms. The van der Waals surface area contributed by atoms with Crippen LogP contribution in [-0.2, 0) is 12.7 Å². The van der Waals surface area contributed by atoms with Gasteiger partial charge in [0.25, 0.3) is 0 Å². The minimum absolute atomic E-state index is 0.0821. The first-order valence-corrected chi connectivity index (χ1v) is 10.4. The molecule has 1 aromatic carbocycles. The summed E-state index contributed by atoms with van der Waals surface area (Å²) in [5.41, 5.74) is 13.6. The van der Waals surface area contributed by atoms with Gasteiger partial charge in [0.2, 0.25) is 0 Å². The molecule has 0 amide bonds. The summed E-state index contributed by atoms with van der Waals surface area (Å²) in [5, 5.41) is 1.12. The van der Waals surface area contributed by atoms with Gasteiger partial charge in [0.05, 0.1) is 23.3 Å². The zero-order chi connectivity index (χ0) is 22.7. The molecule has 2 aliphatic rings. The topological polar surface area (TPSA) is 96.3 Å². The van der Waals surface area contributed by atoms with E-state index in [1.807, 2.05) is 0 Å². The lowest BCUT2D eigenvalue weighted by Crippen LogP contribution is -2.65. The van der Waals surface area contributed by atoms with Crippen LogP contribution in [0.25, 0.3) is 22.0 Å². The van der Waals surface area contributed by atoms with Crippen molar-refractivity contribution >= 4 is 22.4 Å². The quantitative estimate of drug-likeness (QED) is 0.397. The summed E-state index contributed by atoms with van der Waals surface area (Å²) >= 11 is 0. The van der Waals surface area contributed by atoms with E-state index in [1.165, 1.54) is 12.3 Å². The molecule has 6 nitrogen and oxygen atoms in total. The number of alkyl halides is 3. The van der Waals surface area contributed by atoms with Gasteiger partial charge in [-0.1, -0.05) is 23.4 Å². The van der Waals surface area contributed by atoms with Gasteiger partial charge in [-0.05, 0) is 25.0 Å². The van der Waals surface area contributed by atoms with Gasteiger partial charge in [-0.2, -0.15) is 18.3 Å². The molecule has 5 N–H and O–H groups in total. The highest BCUT2D eigenvalue weighted by atomic mass is 19.4. The number of amidine groups is 1. The Labute approximate surface area is 181 Å². The van der Waals surface area contributed by atoms with Crippen molar-refractivity contribution < 1.29 is 17.7 Å². The molecule has 32 heavy (non-hydrogen) atoms. The van der Waals surface area contributed by atoms with Crippen molar-refractivity contribution in [1.82, 2.24) is 15.1 Å². The van der Waals surface area contributed by atoms with Crippen LogP contribution in [0.3, 0.4) is 0 Å². The molecule has 168 valence electrons. The van der Waals surface area contributed by atoms with E-state index in [0.29, 0.717) is 51.2 Å². The van der Waals surface area contributed by atoms with Gasteiger partial charge in [0, 0.05) is 52.2 Å². The van der Waals surface area contributed by atoms with E-state index < -0.39 is 23.3 Å². The first-order valence-electron chi connectivity index (χ1n) is 10.4. The van der Waals surface area contributed by atoms with Crippen LogP contribution >= 0.6 is 0 Å². The lowest BCUT2D eigenvalue weighted by Gasteiger charge is -2.42. The SMILES string of the molecule is NC1CCCCC1(N)C1=Nc2c(cncc2-c2c[nH]c3cc(C(F)(F)F)ccc23)CN1F. The van der Waals surface area contributed by atoms with Crippen LogP contribution < -0.4 is 11.5 Å². The van der Waals surface area contributed by atoms with Crippen molar-refractivity contribution in [1.29, 1.82) is 0 Å². The van der Waals surface area contributed by atoms with Crippen molar-refractivity contribution in [3.63, 3.8) is 0 Å². The van der Waals surface area contributed by atoms with E-state index in [4.69, 9.17) is 11.5 Å². The second kappa shape index (κ2) is 7.28. The Morgan fingerprint density at radius 3 is 2.72 bits per heavy atom. The molecule has 0 radical (unpaired) electrons. The average molecular weight is 446 g/mol. The number of pyridine rings is 1. The molecule has 3 aromatic rings. The third-order valence-electron chi connectivity index (χ3n) is 6.48. The van der Waals surface area contributed by atoms with Crippen LogP contribution in [0.5, 0.6) is 0 Å². The Bertz CT molecular complexity index is 1220. The number of benzene rings is 1. The second-order valence-corrected chi connectivity index (χ2v) is 8.50. The number of rotatable bonds is 2. The molecule has 1 aliphatic heterocycles. The highest BCUT2D eigenvalue weighted by Crippen LogP contribution is 2.42. The second-order valence-electron chi connectivity index (χ2n) is 8.50. The average Bonchev–Trinajstić information content (AvgIpc) is 3.17. The molecule has 2 unspecified atom stereocenters. The first kappa shape index (κ1) is 20.9. The van der Waals surface area contributed by atoms with Crippen LogP contribution in [0, 0.1) is 0 Å². The van der Waals surface area contributed by atoms with Crippen LogP contribution in [0.2, 0.25) is 0 Å². The number of hydrogen-bond donors (Lipinski definition) is 3. The molecule has 0 saturated heterocycles. The highest BCUT2D eigenvalue weighted by molar-refractivity contribution is 6.02. The maximum Gasteiger partial charge on any atom is 0.416 e. The van der Waals surface area contributed by atoms with Gasteiger partial charge in [-0.3, -0.25) is 4.98 Å². The Kier molecular flexibility index (Phi) is 4.75. The molecule has 1 aliphatic carbocycles. The minimum atomic E-state index is -4.44. The molecule has 2 aromatic heterocycles. The number of nitrogens with zero attached hydrogens (tertiary/aromatic N) is 3. The summed E-state index contributed by atoms with van der Waals surface area (Å²) in [7, 11) is 0. The highest BCUT2D eigenvalue weighted by Gasteiger charge is 2.44. The summed E-state index contributed by atoms with van der Waals surface area (Å²) < 4.78 is 54.3. The minimum Gasteiger partial charge on any atom is -0.361 e. The maximum absolute atomic E-state index is 15.0. The smallest absolute Gasteiger partial charge is 0.361 e. The number of aliphatic imine (C=N–C) groups is 1. The van der Waals surface area contributed by atoms with Crippen molar-refractivity contribution in [2.45, 2.75) is 50.0 Å². The van der Waals surface area contributed by atoms with Crippen LogP contribution in [-0.4, -0.2) is 32.5 Å². The van der Waals surface area contributed by atoms with Gasteiger partial charge in [0.15, 0.2) is 5.84 Å². The number of aromatic nitrogens is 2. The predicted molar refractivity (Wildman–Crippen MR) is 114 cm³/mol. The summed E-state index contributed by atoms with van der Waals surface area (Å²) in [4.78, 5) is 11.7. The van der Waals surface area contributed by atoms with E-state index in [9.17, 15) is 13.2 Å². The number of fused-ring (bicyclic) bond motifs is 2. The van der Waals surface area contributed by atoms with Crippen molar-refractivity contribution in [2.75, 3.05) is 0 Å². The normalized spacial score (nSPS) is 23.9. The van der Waals surface area contributed by atoms with Crippen molar-refractivity contribution in [3.05, 3.63) is 47.9 Å². The Morgan fingerprint density at radius 2 is 1.97 bits per heavy atom. The third-order valence-corrected chi connectivity index (χ3v) is 6.48.